The minimum Gasteiger partial charge on any atom is -0.206 e. The maximum absolute atomic E-state index is 13.0. The second-order valence-electron chi connectivity index (χ2n) is 4.12. The average molecular weight is 179 g/mol. The van der Waals surface area contributed by atoms with Gasteiger partial charge in [0, 0.05) is 17.2 Å². The summed E-state index contributed by atoms with van der Waals surface area (Å²) in [6, 6.07) is 0. The van der Waals surface area contributed by atoms with Crippen LogP contribution in [0.3, 0.4) is 0 Å². The zero-order valence-corrected chi connectivity index (χ0v) is 6.69. The van der Waals surface area contributed by atoms with Crippen LogP contribution in [0, 0.1) is 23.7 Å². The van der Waals surface area contributed by atoms with Gasteiger partial charge in [-0.3, -0.25) is 0 Å². The van der Waals surface area contributed by atoms with Crippen LogP contribution in [0.25, 0.3) is 0 Å². The van der Waals surface area contributed by atoms with Crippen LogP contribution in [-0.4, -0.2) is 11.3 Å². The van der Waals surface area contributed by atoms with Crippen molar-refractivity contribution in [3.05, 3.63) is 0 Å². The molecule has 4 aliphatic rings. The molecule has 62 valence electrons. The molecular formula is C8H9ClF2. The summed E-state index contributed by atoms with van der Waals surface area (Å²) in [7, 11) is 0. The van der Waals surface area contributed by atoms with Gasteiger partial charge < -0.3 is 0 Å². The Kier molecular flexibility index (Phi) is 0.958. The zero-order chi connectivity index (χ0) is 7.80. The van der Waals surface area contributed by atoms with E-state index in [0.29, 0.717) is 6.42 Å². The van der Waals surface area contributed by atoms with Gasteiger partial charge in [0.1, 0.15) is 0 Å². The summed E-state index contributed by atoms with van der Waals surface area (Å²) in [5.41, 5.74) is 0. The lowest BCUT2D eigenvalue weighted by Crippen LogP contribution is -2.49. The molecule has 0 spiro atoms. The van der Waals surface area contributed by atoms with E-state index in [4.69, 9.17) is 11.6 Å². The highest BCUT2D eigenvalue weighted by atomic mass is 35.5. The molecule has 3 heteroatoms. The normalized spacial score (nSPS) is 63.0. The molecule has 4 saturated carbocycles. The van der Waals surface area contributed by atoms with E-state index in [9.17, 15) is 8.78 Å². The van der Waals surface area contributed by atoms with Crippen molar-refractivity contribution < 1.29 is 8.78 Å². The van der Waals surface area contributed by atoms with Gasteiger partial charge in [0.25, 0.3) is 5.92 Å². The molecule has 0 N–H and O–H groups in total. The Balaban J connectivity index is 1.99. The second-order valence-corrected chi connectivity index (χ2v) is 4.68. The summed E-state index contributed by atoms with van der Waals surface area (Å²) < 4.78 is 26.1. The molecule has 4 aliphatic carbocycles. The van der Waals surface area contributed by atoms with Crippen LogP contribution in [0.5, 0.6) is 0 Å². The van der Waals surface area contributed by atoms with E-state index in [1.54, 1.807) is 0 Å². The van der Waals surface area contributed by atoms with Gasteiger partial charge in [-0.25, -0.2) is 8.78 Å². The molecular weight excluding hydrogens is 170 g/mol. The van der Waals surface area contributed by atoms with Crippen LogP contribution in [0.2, 0.25) is 0 Å². The second kappa shape index (κ2) is 1.59. The largest absolute Gasteiger partial charge is 0.254 e. The Morgan fingerprint density at radius 2 is 1.91 bits per heavy atom. The highest BCUT2D eigenvalue weighted by Crippen LogP contribution is 2.73. The van der Waals surface area contributed by atoms with Crippen molar-refractivity contribution in [1.82, 2.24) is 0 Å². The van der Waals surface area contributed by atoms with Gasteiger partial charge in [0.2, 0.25) is 0 Å². The Bertz CT molecular complexity index is 216. The Hall–Kier alpha value is 0.150. The van der Waals surface area contributed by atoms with Crippen molar-refractivity contribution >= 4 is 11.6 Å². The van der Waals surface area contributed by atoms with Gasteiger partial charge >= 0.3 is 0 Å². The third-order valence-corrected chi connectivity index (χ3v) is 4.37. The Morgan fingerprint density at radius 1 is 1.18 bits per heavy atom. The Morgan fingerprint density at radius 3 is 2.36 bits per heavy atom. The fraction of sp³-hybridized carbons (Fsp3) is 1.00. The Labute approximate surface area is 68.9 Å². The van der Waals surface area contributed by atoms with Gasteiger partial charge in [-0.05, 0) is 24.7 Å². The van der Waals surface area contributed by atoms with Gasteiger partial charge in [-0.15, -0.1) is 11.6 Å². The molecule has 5 atom stereocenters. The molecule has 0 aromatic heterocycles. The summed E-state index contributed by atoms with van der Waals surface area (Å²) >= 11 is 5.92. The van der Waals surface area contributed by atoms with Crippen LogP contribution >= 0.6 is 11.6 Å². The van der Waals surface area contributed by atoms with E-state index >= 15 is 0 Å². The summed E-state index contributed by atoms with van der Waals surface area (Å²) in [5.74, 6) is -2.57. The van der Waals surface area contributed by atoms with E-state index in [-0.39, 0.29) is 29.0 Å². The monoisotopic (exact) mass is 178 g/mol. The fourth-order valence-corrected chi connectivity index (χ4v) is 3.91. The van der Waals surface area contributed by atoms with E-state index in [1.165, 1.54) is 0 Å². The van der Waals surface area contributed by atoms with Gasteiger partial charge in [-0.2, -0.15) is 0 Å². The standard InChI is InChI=1S/C8H9ClF2/c9-6-2-3-5-1-4(6)7(3)8(5,10)11/h3-7H,1-2H2/t3-,4-,5+,6+,7+/m1/s1. The predicted octanol–water partition coefficient (Wildman–Crippen LogP) is 2.51. The molecule has 0 aromatic carbocycles. The minimum absolute atomic E-state index is 0.0506. The molecule has 0 radical (unpaired) electrons. The van der Waals surface area contributed by atoms with E-state index in [1.807, 2.05) is 0 Å². The highest BCUT2D eigenvalue weighted by molar-refractivity contribution is 6.21. The summed E-state index contributed by atoms with van der Waals surface area (Å²) in [4.78, 5) is 0. The van der Waals surface area contributed by atoms with Crippen LogP contribution < -0.4 is 0 Å². The third kappa shape index (κ3) is 0.516. The molecule has 0 aromatic rings. The van der Waals surface area contributed by atoms with Gasteiger partial charge in [0.05, 0.1) is 0 Å². The SMILES string of the molecule is FC1(F)[C@@H]2[C@@H]3C[C@H]1[C@H]2C[C@@H]3Cl. The number of hydrogen-bond acceptors (Lipinski definition) is 0. The lowest BCUT2D eigenvalue weighted by Gasteiger charge is -2.42. The molecule has 0 unspecified atom stereocenters. The maximum atomic E-state index is 13.0. The first kappa shape index (κ1) is 6.64. The smallest absolute Gasteiger partial charge is 0.206 e. The van der Waals surface area contributed by atoms with Crippen molar-refractivity contribution in [1.29, 1.82) is 0 Å². The van der Waals surface area contributed by atoms with Crippen LogP contribution in [0.4, 0.5) is 8.78 Å². The van der Waals surface area contributed by atoms with Crippen molar-refractivity contribution in [2.75, 3.05) is 0 Å². The minimum atomic E-state index is -2.35. The van der Waals surface area contributed by atoms with Crippen molar-refractivity contribution in [3.63, 3.8) is 0 Å². The maximum Gasteiger partial charge on any atom is 0.254 e. The van der Waals surface area contributed by atoms with Gasteiger partial charge in [-0.1, -0.05) is 0 Å². The first-order chi connectivity index (χ1) is 5.12. The van der Waals surface area contributed by atoms with Crippen LogP contribution in [0.1, 0.15) is 12.8 Å². The van der Waals surface area contributed by atoms with Crippen molar-refractivity contribution in [3.8, 4) is 0 Å². The lowest BCUT2D eigenvalue weighted by atomic mass is 9.69. The van der Waals surface area contributed by atoms with Crippen molar-refractivity contribution in [2.24, 2.45) is 23.7 Å². The van der Waals surface area contributed by atoms with E-state index in [0.717, 1.165) is 6.42 Å². The summed E-state index contributed by atoms with van der Waals surface area (Å²) in [6.07, 6.45) is 1.54. The van der Waals surface area contributed by atoms with Crippen LogP contribution in [-0.2, 0) is 0 Å². The fourth-order valence-electron chi connectivity index (χ4n) is 3.44. The third-order valence-electron chi connectivity index (χ3n) is 3.87. The molecule has 4 bridgehead atoms. The van der Waals surface area contributed by atoms with E-state index < -0.39 is 5.92 Å². The quantitative estimate of drug-likeness (QED) is 0.500. The number of hydrogen-bond donors (Lipinski definition) is 0. The van der Waals surface area contributed by atoms with E-state index in [2.05, 4.69) is 0 Å². The first-order valence-electron chi connectivity index (χ1n) is 4.14. The number of rotatable bonds is 0. The summed E-state index contributed by atoms with van der Waals surface area (Å²) in [6.45, 7) is 0. The average Bonchev–Trinajstić information content (AvgIpc) is 2.47. The molecule has 0 nitrogen and oxygen atoms in total. The molecule has 0 aliphatic heterocycles. The lowest BCUT2D eigenvalue weighted by molar-refractivity contribution is -0.185. The zero-order valence-electron chi connectivity index (χ0n) is 5.93. The first-order valence-corrected chi connectivity index (χ1v) is 4.58. The highest BCUT2D eigenvalue weighted by Gasteiger charge is 2.76. The molecule has 0 heterocycles. The molecule has 0 amide bonds. The molecule has 4 fully saturated rings. The van der Waals surface area contributed by atoms with Gasteiger partial charge in [0.15, 0.2) is 0 Å². The number of halogens is 3. The summed E-state index contributed by atoms with van der Waals surface area (Å²) in [5, 5.41) is 0.0506. The van der Waals surface area contributed by atoms with Crippen molar-refractivity contribution in [2.45, 2.75) is 24.1 Å². The topological polar surface area (TPSA) is 0 Å². The van der Waals surface area contributed by atoms with Crippen LogP contribution in [0.15, 0.2) is 0 Å². The molecule has 4 rings (SSSR count). The number of alkyl halides is 3. The molecule has 11 heavy (non-hydrogen) atoms. The molecule has 0 saturated heterocycles. The predicted molar refractivity (Wildman–Crippen MR) is 37.8 cm³/mol.